The van der Waals surface area contributed by atoms with Crippen LogP contribution in [0.15, 0.2) is 27.5 Å². The Balaban J connectivity index is 2.99. The Morgan fingerprint density at radius 3 is 3.17 bits per heavy atom. The highest BCUT2D eigenvalue weighted by atomic mass is 16.4. The minimum atomic E-state index is -0.290. The number of pyridine rings is 1. The van der Waals surface area contributed by atoms with Crippen LogP contribution in [-0.4, -0.2) is 9.97 Å². The molecule has 2 heterocycles. The molecule has 0 radical (unpaired) electrons. The zero-order valence-corrected chi connectivity index (χ0v) is 6.44. The van der Waals surface area contributed by atoms with Gasteiger partial charge in [-0.15, -0.1) is 0 Å². The van der Waals surface area contributed by atoms with E-state index in [9.17, 15) is 4.79 Å². The van der Waals surface area contributed by atoms with Gasteiger partial charge in [-0.3, -0.25) is 4.79 Å². The van der Waals surface area contributed by atoms with Gasteiger partial charge in [0.1, 0.15) is 5.39 Å². The normalized spacial score (nSPS) is 10.4. The van der Waals surface area contributed by atoms with Crippen LogP contribution in [0.4, 0.5) is 0 Å². The predicted molar refractivity (Wildman–Crippen MR) is 42.8 cm³/mol. The summed E-state index contributed by atoms with van der Waals surface area (Å²) in [5, 5.41) is 0.420. The number of aryl methyl sites for hydroxylation is 1. The van der Waals surface area contributed by atoms with Gasteiger partial charge in [0.15, 0.2) is 5.89 Å². The zero-order chi connectivity index (χ0) is 8.55. The number of hydrogen-bond donors (Lipinski definition) is 0. The smallest absolute Gasteiger partial charge is 0.285 e. The third-order valence-corrected chi connectivity index (χ3v) is 1.50. The molecular formula is C8H6N2O2. The minimum absolute atomic E-state index is 0.290. The molecule has 4 heteroatoms. The Kier molecular flexibility index (Phi) is 1.40. The highest BCUT2D eigenvalue weighted by Crippen LogP contribution is 2.04. The lowest BCUT2D eigenvalue weighted by molar-refractivity contribution is 0.524. The number of aromatic nitrogens is 2. The van der Waals surface area contributed by atoms with Crippen molar-refractivity contribution in [2.24, 2.45) is 0 Å². The number of rotatable bonds is 0. The third kappa shape index (κ3) is 0.972. The summed E-state index contributed by atoms with van der Waals surface area (Å²) in [4.78, 5) is 18.7. The largest absolute Gasteiger partial charge is 0.424 e. The molecule has 4 nitrogen and oxygen atoms in total. The predicted octanol–water partition coefficient (Wildman–Crippen LogP) is 0.891. The number of hydrogen-bond acceptors (Lipinski definition) is 4. The molecule has 0 spiro atoms. The van der Waals surface area contributed by atoms with Gasteiger partial charge in [0.25, 0.3) is 5.56 Å². The van der Waals surface area contributed by atoms with Crippen molar-refractivity contribution in [2.45, 2.75) is 6.92 Å². The molecule has 2 rings (SSSR count). The molecule has 0 aliphatic heterocycles. The van der Waals surface area contributed by atoms with Crippen molar-refractivity contribution in [1.82, 2.24) is 9.97 Å². The molecule has 0 aliphatic rings. The number of nitrogens with zero attached hydrogens (tertiary/aromatic N) is 2. The average Bonchev–Trinajstić information content (AvgIpc) is 2.04. The summed E-state index contributed by atoms with van der Waals surface area (Å²) >= 11 is 0. The molecule has 60 valence electrons. The van der Waals surface area contributed by atoms with Crippen LogP contribution in [0.5, 0.6) is 0 Å². The van der Waals surface area contributed by atoms with Gasteiger partial charge in [-0.1, -0.05) is 0 Å². The first-order chi connectivity index (χ1) is 5.77. The molecule has 2 aromatic rings. The molecule has 0 unspecified atom stereocenters. The molecular weight excluding hydrogens is 156 g/mol. The van der Waals surface area contributed by atoms with Crippen LogP contribution in [0.2, 0.25) is 0 Å². The monoisotopic (exact) mass is 162 g/mol. The van der Waals surface area contributed by atoms with E-state index in [0.717, 1.165) is 0 Å². The van der Waals surface area contributed by atoms with E-state index in [2.05, 4.69) is 9.97 Å². The van der Waals surface area contributed by atoms with Crippen LogP contribution < -0.4 is 5.56 Å². The summed E-state index contributed by atoms with van der Waals surface area (Å²) in [5.41, 5.74) is 0.0526. The average molecular weight is 162 g/mol. The lowest BCUT2D eigenvalue weighted by atomic mass is 10.3. The second-order valence-electron chi connectivity index (χ2n) is 2.39. The fraction of sp³-hybridized carbons (Fsp3) is 0.125. The Hall–Kier alpha value is -1.71. The van der Waals surface area contributed by atoms with Crippen molar-refractivity contribution in [3.8, 4) is 0 Å². The second-order valence-corrected chi connectivity index (χ2v) is 2.39. The first-order valence-corrected chi connectivity index (χ1v) is 3.50. The molecule has 0 N–H and O–H groups in total. The molecule has 0 aromatic carbocycles. The fourth-order valence-corrected chi connectivity index (χ4v) is 1.00. The number of fused-ring (bicyclic) bond motifs is 1. The maximum atomic E-state index is 11.2. The summed E-state index contributed by atoms with van der Waals surface area (Å²) in [6.45, 7) is 1.62. The Labute approximate surface area is 67.9 Å². The molecule has 0 saturated heterocycles. The van der Waals surface area contributed by atoms with E-state index in [1.54, 1.807) is 25.3 Å². The molecule has 0 aliphatic carbocycles. The van der Waals surface area contributed by atoms with E-state index < -0.39 is 0 Å². The SMILES string of the molecule is Cc1nc(=O)c2cccnc2o1. The summed E-state index contributed by atoms with van der Waals surface area (Å²) in [7, 11) is 0. The Bertz CT molecular complexity index is 476. The van der Waals surface area contributed by atoms with Crippen LogP contribution >= 0.6 is 0 Å². The minimum Gasteiger partial charge on any atom is -0.424 e. The summed E-state index contributed by atoms with van der Waals surface area (Å²) in [6, 6.07) is 3.32. The van der Waals surface area contributed by atoms with Crippen molar-refractivity contribution in [1.29, 1.82) is 0 Å². The maximum Gasteiger partial charge on any atom is 0.285 e. The first-order valence-electron chi connectivity index (χ1n) is 3.50. The van der Waals surface area contributed by atoms with Crippen LogP contribution in [-0.2, 0) is 0 Å². The topological polar surface area (TPSA) is 56.0 Å². The summed E-state index contributed by atoms with van der Waals surface area (Å²) in [6.07, 6.45) is 1.57. The van der Waals surface area contributed by atoms with Gasteiger partial charge in [0.2, 0.25) is 5.71 Å². The highest BCUT2D eigenvalue weighted by molar-refractivity contribution is 5.70. The molecule has 12 heavy (non-hydrogen) atoms. The van der Waals surface area contributed by atoms with E-state index in [1.807, 2.05) is 0 Å². The molecule has 0 saturated carbocycles. The van der Waals surface area contributed by atoms with Crippen molar-refractivity contribution in [2.75, 3.05) is 0 Å². The second kappa shape index (κ2) is 2.41. The van der Waals surface area contributed by atoms with E-state index in [0.29, 0.717) is 17.0 Å². The van der Waals surface area contributed by atoms with Gasteiger partial charge < -0.3 is 4.42 Å². The molecule has 0 amide bonds. The van der Waals surface area contributed by atoms with Gasteiger partial charge in [0.05, 0.1) is 0 Å². The Morgan fingerprint density at radius 1 is 1.50 bits per heavy atom. The van der Waals surface area contributed by atoms with Gasteiger partial charge in [-0.25, -0.2) is 4.98 Å². The van der Waals surface area contributed by atoms with Crippen LogP contribution in [0.25, 0.3) is 11.1 Å². The van der Waals surface area contributed by atoms with Gasteiger partial charge in [0, 0.05) is 13.1 Å². The van der Waals surface area contributed by atoms with Crippen molar-refractivity contribution in [3.63, 3.8) is 0 Å². The molecule has 0 atom stereocenters. The third-order valence-electron chi connectivity index (χ3n) is 1.50. The van der Waals surface area contributed by atoms with Crippen LogP contribution in [0, 0.1) is 6.92 Å². The van der Waals surface area contributed by atoms with Crippen molar-refractivity contribution in [3.05, 3.63) is 34.6 Å². The van der Waals surface area contributed by atoms with E-state index in [4.69, 9.17) is 4.42 Å². The lowest BCUT2D eigenvalue weighted by Crippen LogP contribution is -2.07. The Morgan fingerprint density at radius 2 is 2.33 bits per heavy atom. The van der Waals surface area contributed by atoms with Crippen LogP contribution in [0.3, 0.4) is 0 Å². The van der Waals surface area contributed by atoms with Gasteiger partial charge in [-0.05, 0) is 12.1 Å². The van der Waals surface area contributed by atoms with Crippen LogP contribution in [0.1, 0.15) is 5.89 Å². The van der Waals surface area contributed by atoms with E-state index in [1.165, 1.54) is 0 Å². The first kappa shape index (κ1) is 6.97. The van der Waals surface area contributed by atoms with E-state index in [-0.39, 0.29) is 5.56 Å². The highest BCUT2D eigenvalue weighted by Gasteiger charge is 2.01. The zero-order valence-electron chi connectivity index (χ0n) is 6.44. The molecule has 0 fully saturated rings. The lowest BCUT2D eigenvalue weighted by Gasteiger charge is -1.93. The van der Waals surface area contributed by atoms with Crippen molar-refractivity contribution < 1.29 is 4.42 Å². The fourth-order valence-electron chi connectivity index (χ4n) is 1.00. The van der Waals surface area contributed by atoms with Gasteiger partial charge >= 0.3 is 0 Å². The van der Waals surface area contributed by atoms with Gasteiger partial charge in [-0.2, -0.15) is 4.98 Å². The summed E-state index contributed by atoms with van der Waals surface area (Å²) < 4.78 is 5.12. The molecule has 0 bridgehead atoms. The quantitative estimate of drug-likeness (QED) is 0.577. The molecule has 2 aromatic heterocycles. The standard InChI is InChI=1S/C8H6N2O2/c1-5-10-7(11)6-3-2-4-9-8(6)12-5/h2-4H,1H3. The van der Waals surface area contributed by atoms with E-state index >= 15 is 0 Å². The summed E-state index contributed by atoms with van der Waals surface area (Å²) in [5.74, 6) is 0.339. The maximum absolute atomic E-state index is 11.2. The van der Waals surface area contributed by atoms with Crippen molar-refractivity contribution >= 4 is 11.1 Å².